The number of benzene rings is 1. The number of carboxylic acid groups (broad SMARTS) is 1. The van der Waals surface area contributed by atoms with E-state index < -0.39 is 12.0 Å². The molecular formula is C18H24N2O3. The Hall–Kier alpha value is -2.30. The summed E-state index contributed by atoms with van der Waals surface area (Å²) < 4.78 is 0. The standard InChI is InChI=1S/C18H24N2O3/c1-3-12(2)17(18(22)23)20-16(21)10-6-7-13-11-19-15-9-5-4-8-14(13)15/h4-5,8-9,11-12,17,19H,3,6-7,10H2,1-2H3,(H,20,21)(H,22,23)/t12-,17+/m1/s1. The Morgan fingerprint density at radius 1 is 1.30 bits per heavy atom. The number of amides is 1. The van der Waals surface area contributed by atoms with Crippen molar-refractivity contribution < 1.29 is 14.7 Å². The maximum absolute atomic E-state index is 12.0. The summed E-state index contributed by atoms with van der Waals surface area (Å²) >= 11 is 0. The molecule has 0 spiro atoms. The second-order valence-electron chi connectivity index (χ2n) is 5.98. The number of fused-ring (bicyclic) bond motifs is 1. The second kappa shape index (κ2) is 7.81. The lowest BCUT2D eigenvalue weighted by Crippen LogP contribution is -2.44. The number of carbonyl (C=O) groups is 2. The van der Waals surface area contributed by atoms with Gasteiger partial charge in [0.1, 0.15) is 6.04 Å². The van der Waals surface area contributed by atoms with Gasteiger partial charge < -0.3 is 15.4 Å². The highest BCUT2D eigenvalue weighted by atomic mass is 16.4. The predicted octanol–water partition coefficient (Wildman–Crippen LogP) is 3.11. The number of hydrogen-bond acceptors (Lipinski definition) is 2. The van der Waals surface area contributed by atoms with Crippen LogP contribution in [0.1, 0.15) is 38.7 Å². The number of nitrogens with one attached hydrogen (secondary N) is 2. The lowest BCUT2D eigenvalue weighted by molar-refractivity contribution is -0.143. The number of hydrogen-bond donors (Lipinski definition) is 3. The smallest absolute Gasteiger partial charge is 0.326 e. The van der Waals surface area contributed by atoms with Gasteiger partial charge in [0.15, 0.2) is 0 Å². The van der Waals surface area contributed by atoms with Crippen LogP contribution < -0.4 is 5.32 Å². The van der Waals surface area contributed by atoms with Crippen molar-refractivity contribution in [2.24, 2.45) is 5.92 Å². The van der Waals surface area contributed by atoms with Crippen LogP contribution in [0, 0.1) is 5.92 Å². The van der Waals surface area contributed by atoms with Crippen LogP contribution >= 0.6 is 0 Å². The highest BCUT2D eigenvalue weighted by molar-refractivity contribution is 5.84. The Bertz CT molecular complexity index is 678. The SMILES string of the molecule is CC[C@@H](C)[C@H](NC(=O)CCCc1c[nH]c2ccccc12)C(=O)O. The molecule has 2 atom stereocenters. The maximum atomic E-state index is 12.0. The van der Waals surface area contributed by atoms with Gasteiger partial charge in [-0.05, 0) is 30.4 Å². The van der Waals surface area contributed by atoms with Gasteiger partial charge in [0.25, 0.3) is 0 Å². The Kier molecular flexibility index (Phi) is 5.79. The summed E-state index contributed by atoms with van der Waals surface area (Å²) in [6, 6.07) is 7.26. The molecule has 0 fully saturated rings. The van der Waals surface area contributed by atoms with Crippen molar-refractivity contribution in [2.45, 2.75) is 45.6 Å². The number of aromatic amines is 1. The summed E-state index contributed by atoms with van der Waals surface area (Å²) in [4.78, 5) is 26.4. The fourth-order valence-corrected chi connectivity index (χ4v) is 2.71. The Labute approximate surface area is 136 Å². The third-order valence-corrected chi connectivity index (χ3v) is 4.32. The Balaban J connectivity index is 1.86. The van der Waals surface area contributed by atoms with Gasteiger partial charge in [-0.3, -0.25) is 4.79 Å². The zero-order chi connectivity index (χ0) is 16.8. The number of aliphatic carboxylic acids is 1. The highest BCUT2D eigenvalue weighted by Crippen LogP contribution is 2.19. The summed E-state index contributed by atoms with van der Waals surface area (Å²) in [6.07, 6.45) is 4.51. The molecule has 0 saturated carbocycles. The van der Waals surface area contributed by atoms with Gasteiger partial charge in [-0.1, -0.05) is 38.5 Å². The summed E-state index contributed by atoms with van der Waals surface area (Å²) in [5, 5.41) is 13.0. The first-order valence-electron chi connectivity index (χ1n) is 8.10. The fourth-order valence-electron chi connectivity index (χ4n) is 2.71. The average Bonchev–Trinajstić information content (AvgIpc) is 2.95. The Morgan fingerprint density at radius 3 is 2.74 bits per heavy atom. The molecule has 1 amide bonds. The van der Waals surface area contributed by atoms with Crippen LogP contribution in [0.15, 0.2) is 30.5 Å². The first-order valence-corrected chi connectivity index (χ1v) is 8.10. The fraction of sp³-hybridized carbons (Fsp3) is 0.444. The van der Waals surface area contributed by atoms with Crippen molar-refractivity contribution in [3.63, 3.8) is 0 Å². The van der Waals surface area contributed by atoms with E-state index in [-0.39, 0.29) is 11.8 Å². The largest absolute Gasteiger partial charge is 0.480 e. The van der Waals surface area contributed by atoms with E-state index in [9.17, 15) is 14.7 Å². The summed E-state index contributed by atoms with van der Waals surface area (Å²) in [5.74, 6) is -1.24. The van der Waals surface area contributed by atoms with Gasteiger partial charge in [-0.2, -0.15) is 0 Å². The minimum absolute atomic E-state index is 0.0786. The van der Waals surface area contributed by atoms with Crippen LogP contribution in [-0.4, -0.2) is 28.0 Å². The number of carboxylic acids is 1. The molecule has 0 aliphatic heterocycles. The van der Waals surface area contributed by atoms with E-state index in [0.29, 0.717) is 19.3 Å². The monoisotopic (exact) mass is 316 g/mol. The van der Waals surface area contributed by atoms with E-state index in [1.54, 1.807) is 0 Å². The third-order valence-electron chi connectivity index (χ3n) is 4.32. The normalized spacial score (nSPS) is 13.7. The molecule has 0 bridgehead atoms. The molecule has 0 aliphatic carbocycles. The van der Waals surface area contributed by atoms with Crippen LogP contribution in [0.5, 0.6) is 0 Å². The third kappa shape index (κ3) is 4.34. The number of para-hydroxylation sites is 1. The number of rotatable bonds is 8. The predicted molar refractivity (Wildman–Crippen MR) is 90.3 cm³/mol. The molecule has 5 heteroatoms. The van der Waals surface area contributed by atoms with Crippen LogP contribution in [-0.2, 0) is 16.0 Å². The molecule has 2 rings (SSSR count). The average molecular weight is 316 g/mol. The van der Waals surface area contributed by atoms with E-state index >= 15 is 0 Å². The minimum atomic E-state index is -0.968. The van der Waals surface area contributed by atoms with Crippen LogP contribution in [0.2, 0.25) is 0 Å². The number of H-pyrrole nitrogens is 1. The van der Waals surface area contributed by atoms with Gasteiger partial charge in [0, 0.05) is 23.5 Å². The highest BCUT2D eigenvalue weighted by Gasteiger charge is 2.24. The molecule has 5 nitrogen and oxygen atoms in total. The number of carbonyl (C=O) groups excluding carboxylic acids is 1. The quantitative estimate of drug-likeness (QED) is 0.700. The summed E-state index contributed by atoms with van der Waals surface area (Å²) in [5.41, 5.74) is 2.28. The van der Waals surface area contributed by atoms with Crippen LogP contribution in [0.4, 0.5) is 0 Å². The van der Waals surface area contributed by atoms with Gasteiger partial charge in [-0.15, -0.1) is 0 Å². The first kappa shape index (κ1) is 17.1. The summed E-state index contributed by atoms with van der Waals surface area (Å²) in [7, 11) is 0. The molecule has 23 heavy (non-hydrogen) atoms. The van der Waals surface area contributed by atoms with Gasteiger partial charge in [-0.25, -0.2) is 4.79 Å². The molecule has 3 N–H and O–H groups in total. The molecule has 0 radical (unpaired) electrons. The van der Waals surface area contributed by atoms with Crippen molar-refractivity contribution in [1.29, 1.82) is 0 Å². The van der Waals surface area contributed by atoms with Crippen molar-refractivity contribution in [3.05, 3.63) is 36.0 Å². The second-order valence-corrected chi connectivity index (χ2v) is 5.98. The maximum Gasteiger partial charge on any atom is 0.326 e. The van der Waals surface area contributed by atoms with E-state index in [0.717, 1.165) is 11.9 Å². The van der Waals surface area contributed by atoms with E-state index in [2.05, 4.69) is 16.4 Å². The topological polar surface area (TPSA) is 82.2 Å². The van der Waals surface area contributed by atoms with E-state index in [1.165, 1.54) is 10.9 Å². The molecule has 124 valence electrons. The van der Waals surface area contributed by atoms with E-state index in [4.69, 9.17) is 0 Å². The van der Waals surface area contributed by atoms with Crippen molar-refractivity contribution in [1.82, 2.24) is 10.3 Å². The van der Waals surface area contributed by atoms with Gasteiger partial charge in [0.2, 0.25) is 5.91 Å². The Morgan fingerprint density at radius 2 is 2.04 bits per heavy atom. The van der Waals surface area contributed by atoms with Crippen LogP contribution in [0.3, 0.4) is 0 Å². The van der Waals surface area contributed by atoms with Crippen molar-refractivity contribution in [3.8, 4) is 0 Å². The minimum Gasteiger partial charge on any atom is -0.480 e. The zero-order valence-electron chi connectivity index (χ0n) is 13.6. The molecule has 0 aliphatic rings. The molecule has 1 aromatic carbocycles. The molecule has 2 aromatic rings. The number of aryl methyl sites for hydroxylation is 1. The summed E-state index contributed by atoms with van der Waals surface area (Å²) in [6.45, 7) is 3.76. The van der Waals surface area contributed by atoms with E-state index in [1.807, 2.05) is 38.2 Å². The van der Waals surface area contributed by atoms with Crippen molar-refractivity contribution >= 4 is 22.8 Å². The molecular weight excluding hydrogens is 292 g/mol. The lowest BCUT2D eigenvalue weighted by atomic mass is 9.99. The molecule has 0 unspecified atom stereocenters. The van der Waals surface area contributed by atoms with Gasteiger partial charge >= 0.3 is 5.97 Å². The zero-order valence-corrected chi connectivity index (χ0v) is 13.6. The van der Waals surface area contributed by atoms with Crippen molar-refractivity contribution in [2.75, 3.05) is 0 Å². The van der Waals surface area contributed by atoms with Gasteiger partial charge in [0.05, 0.1) is 0 Å². The first-order chi connectivity index (χ1) is 11.0. The molecule has 1 heterocycles. The lowest BCUT2D eigenvalue weighted by Gasteiger charge is -2.20. The number of aromatic nitrogens is 1. The molecule has 1 aromatic heterocycles. The van der Waals surface area contributed by atoms with Crippen LogP contribution in [0.25, 0.3) is 10.9 Å². The molecule has 0 saturated heterocycles.